The average Bonchev–Trinajstić information content (AvgIpc) is 2.15. The Morgan fingerprint density at radius 2 is 2.00 bits per heavy atom. The Morgan fingerprint density at radius 1 is 1.53 bits per heavy atom. The van der Waals surface area contributed by atoms with Crippen molar-refractivity contribution in [2.45, 2.75) is 46.8 Å². The predicted molar refractivity (Wildman–Crippen MR) is 60.1 cm³/mol. The van der Waals surface area contributed by atoms with E-state index in [0.29, 0.717) is 0 Å². The van der Waals surface area contributed by atoms with E-state index in [1.807, 2.05) is 27.7 Å². The zero-order valence-electron chi connectivity index (χ0n) is 10.3. The van der Waals surface area contributed by atoms with Crippen LogP contribution in [-0.4, -0.2) is 16.9 Å². The SMILES string of the molecule is C=CC(=O)OC(C)(O)C(C)(C)C(C)CC. The zero-order chi connectivity index (χ0) is 12.3. The Bertz CT molecular complexity index is 241. The molecule has 0 aliphatic heterocycles. The van der Waals surface area contributed by atoms with Gasteiger partial charge in [0.25, 0.3) is 0 Å². The molecule has 2 atom stereocenters. The van der Waals surface area contributed by atoms with Crippen LogP contribution in [0.3, 0.4) is 0 Å². The van der Waals surface area contributed by atoms with E-state index in [-0.39, 0.29) is 5.92 Å². The lowest BCUT2D eigenvalue weighted by Crippen LogP contribution is -2.49. The standard InChI is InChI=1S/C12H22O3/c1-7-9(3)11(4,5)12(6,14)15-10(13)8-2/h8-9,14H,2,7H2,1,3-6H3. The fraction of sp³-hybridized carbons (Fsp3) is 0.750. The third kappa shape index (κ3) is 3.06. The van der Waals surface area contributed by atoms with Gasteiger partial charge in [-0.3, -0.25) is 0 Å². The number of hydrogen-bond donors (Lipinski definition) is 1. The zero-order valence-corrected chi connectivity index (χ0v) is 10.3. The molecule has 15 heavy (non-hydrogen) atoms. The van der Waals surface area contributed by atoms with E-state index in [1.165, 1.54) is 6.92 Å². The van der Waals surface area contributed by atoms with Crippen molar-refractivity contribution in [3.8, 4) is 0 Å². The summed E-state index contributed by atoms with van der Waals surface area (Å²) in [5.41, 5.74) is -0.500. The summed E-state index contributed by atoms with van der Waals surface area (Å²) in [4.78, 5) is 11.1. The highest BCUT2D eigenvalue weighted by Crippen LogP contribution is 2.40. The molecule has 0 fully saturated rings. The molecule has 0 spiro atoms. The fourth-order valence-corrected chi connectivity index (χ4v) is 1.34. The Balaban J connectivity index is 4.83. The maximum absolute atomic E-state index is 11.1. The second-order valence-corrected chi connectivity index (χ2v) is 4.64. The van der Waals surface area contributed by atoms with Crippen molar-refractivity contribution in [2.24, 2.45) is 11.3 Å². The maximum Gasteiger partial charge on any atom is 0.332 e. The first kappa shape index (κ1) is 14.2. The topological polar surface area (TPSA) is 46.5 Å². The third-order valence-electron chi connectivity index (χ3n) is 3.51. The van der Waals surface area contributed by atoms with E-state index in [1.54, 1.807) is 0 Å². The summed E-state index contributed by atoms with van der Waals surface area (Å²) in [7, 11) is 0. The lowest BCUT2D eigenvalue weighted by molar-refractivity contribution is -0.251. The van der Waals surface area contributed by atoms with Crippen LogP contribution in [0.2, 0.25) is 0 Å². The van der Waals surface area contributed by atoms with Gasteiger partial charge in [-0.2, -0.15) is 0 Å². The van der Waals surface area contributed by atoms with Gasteiger partial charge in [0, 0.05) is 18.4 Å². The van der Waals surface area contributed by atoms with Gasteiger partial charge in [-0.1, -0.05) is 40.7 Å². The van der Waals surface area contributed by atoms with Crippen molar-refractivity contribution in [3.63, 3.8) is 0 Å². The summed E-state index contributed by atoms with van der Waals surface area (Å²) in [6.45, 7) is 12.7. The molecule has 0 amide bonds. The lowest BCUT2D eigenvalue weighted by Gasteiger charge is -2.42. The van der Waals surface area contributed by atoms with Crippen LogP contribution in [-0.2, 0) is 9.53 Å². The molecule has 0 saturated carbocycles. The minimum absolute atomic E-state index is 0.241. The third-order valence-corrected chi connectivity index (χ3v) is 3.51. The second kappa shape index (κ2) is 4.79. The van der Waals surface area contributed by atoms with Crippen LogP contribution in [0.25, 0.3) is 0 Å². The van der Waals surface area contributed by atoms with Gasteiger partial charge in [0.05, 0.1) is 0 Å². The monoisotopic (exact) mass is 214 g/mol. The number of aliphatic hydroxyl groups is 1. The van der Waals surface area contributed by atoms with Gasteiger partial charge in [0.1, 0.15) is 0 Å². The lowest BCUT2D eigenvalue weighted by atomic mass is 9.72. The Morgan fingerprint density at radius 3 is 2.33 bits per heavy atom. The smallest absolute Gasteiger partial charge is 0.332 e. The van der Waals surface area contributed by atoms with Crippen molar-refractivity contribution >= 4 is 5.97 Å². The summed E-state index contributed by atoms with van der Waals surface area (Å²) in [5.74, 6) is -1.84. The Labute approximate surface area is 92.1 Å². The van der Waals surface area contributed by atoms with E-state index >= 15 is 0 Å². The molecule has 0 radical (unpaired) electrons. The number of ether oxygens (including phenoxy) is 1. The Hall–Kier alpha value is -0.830. The molecule has 3 heteroatoms. The highest BCUT2D eigenvalue weighted by atomic mass is 16.7. The van der Waals surface area contributed by atoms with Crippen LogP contribution in [0.1, 0.15) is 41.0 Å². The van der Waals surface area contributed by atoms with Gasteiger partial charge in [0.15, 0.2) is 0 Å². The molecule has 3 nitrogen and oxygen atoms in total. The first-order chi connectivity index (χ1) is 6.69. The normalized spacial score (nSPS) is 17.7. The second-order valence-electron chi connectivity index (χ2n) is 4.64. The molecule has 0 bridgehead atoms. The van der Waals surface area contributed by atoms with Gasteiger partial charge >= 0.3 is 5.97 Å². The number of rotatable bonds is 5. The molecule has 0 aliphatic carbocycles. The van der Waals surface area contributed by atoms with Crippen LogP contribution >= 0.6 is 0 Å². The number of hydrogen-bond acceptors (Lipinski definition) is 3. The van der Waals surface area contributed by atoms with Gasteiger partial charge in [-0.05, 0) is 5.92 Å². The van der Waals surface area contributed by atoms with Crippen molar-refractivity contribution in [2.75, 3.05) is 0 Å². The first-order valence-electron chi connectivity index (χ1n) is 5.26. The Kier molecular flexibility index (Phi) is 4.53. The van der Waals surface area contributed by atoms with Gasteiger partial charge in [0.2, 0.25) is 5.79 Å². The molecule has 0 aromatic rings. The summed E-state index contributed by atoms with van der Waals surface area (Å²) < 4.78 is 4.97. The van der Waals surface area contributed by atoms with Crippen molar-refractivity contribution in [1.29, 1.82) is 0 Å². The highest BCUT2D eigenvalue weighted by molar-refractivity contribution is 5.81. The summed E-state index contributed by atoms with van der Waals surface area (Å²) in [6, 6.07) is 0. The minimum atomic E-state index is -1.48. The van der Waals surface area contributed by atoms with E-state index in [9.17, 15) is 9.90 Å². The van der Waals surface area contributed by atoms with Crippen LogP contribution in [0, 0.1) is 11.3 Å². The molecule has 0 aliphatic rings. The molecule has 88 valence electrons. The van der Waals surface area contributed by atoms with Crippen molar-refractivity contribution in [1.82, 2.24) is 0 Å². The first-order valence-corrected chi connectivity index (χ1v) is 5.26. The van der Waals surface area contributed by atoms with E-state index in [2.05, 4.69) is 6.58 Å². The maximum atomic E-state index is 11.1. The van der Waals surface area contributed by atoms with E-state index in [4.69, 9.17) is 4.74 Å². The molecule has 2 unspecified atom stereocenters. The van der Waals surface area contributed by atoms with Gasteiger partial charge < -0.3 is 9.84 Å². The molecule has 0 saturated heterocycles. The van der Waals surface area contributed by atoms with E-state index in [0.717, 1.165) is 12.5 Å². The van der Waals surface area contributed by atoms with Crippen LogP contribution < -0.4 is 0 Å². The molecular formula is C12H22O3. The van der Waals surface area contributed by atoms with E-state index < -0.39 is 17.2 Å². The number of esters is 1. The molecule has 0 rings (SSSR count). The van der Waals surface area contributed by atoms with Crippen LogP contribution in [0.4, 0.5) is 0 Å². The fourth-order valence-electron chi connectivity index (χ4n) is 1.34. The predicted octanol–water partition coefficient (Wildman–Crippen LogP) is 2.50. The van der Waals surface area contributed by atoms with Gasteiger partial charge in [-0.15, -0.1) is 0 Å². The van der Waals surface area contributed by atoms with Crippen LogP contribution in [0.15, 0.2) is 12.7 Å². The summed E-state index contributed by atoms with van der Waals surface area (Å²) in [5, 5.41) is 10.2. The average molecular weight is 214 g/mol. The molecule has 0 heterocycles. The van der Waals surface area contributed by atoms with Crippen molar-refractivity contribution < 1.29 is 14.6 Å². The number of carbonyl (C=O) groups excluding carboxylic acids is 1. The quantitative estimate of drug-likeness (QED) is 0.434. The molecule has 0 aromatic carbocycles. The molecule has 0 aromatic heterocycles. The minimum Gasteiger partial charge on any atom is -0.430 e. The van der Waals surface area contributed by atoms with Crippen molar-refractivity contribution in [3.05, 3.63) is 12.7 Å². The molecular weight excluding hydrogens is 192 g/mol. The van der Waals surface area contributed by atoms with Gasteiger partial charge in [-0.25, -0.2) is 4.79 Å². The summed E-state index contributed by atoms with van der Waals surface area (Å²) in [6.07, 6.45) is 1.97. The molecule has 1 N–H and O–H groups in total. The van der Waals surface area contributed by atoms with Crippen LogP contribution in [0.5, 0.6) is 0 Å². The number of carbonyl (C=O) groups is 1. The highest BCUT2D eigenvalue weighted by Gasteiger charge is 2.45. The largest absolute Gasteiger partial charge is 0.430 e. The summed E-state index contributed by atoms with van der Waals surface area (Å²) >= 11 is 0.